The van der Waals surface area contributed by atoms with Crippen LogP contribution in [0.4, 0.5) is 5.82 Å². The van der Waals surface area contributed by atoms with Crippen molar-refractivity contribution >= 4 is 60.0 Å². The van der Waals surface area contributed by atoms with Crippen LogP contribution in [0.3, 0.4) is 0 Å². The number of fused-ring (bicyclic) bond motifs is 2. The van der Waals surface area contributed by atoms with Crippen LogP contribution in [0.5, 0.6) is 0 Å². The fourth-order valence-corrected chi connectivity index (χ4v) is 6.82. The molecule has 2 aromatic carbocycles. The Bertz CT molecular complexity index is 1750. The first kappa shape index (κ1) is 27.9. The molecule has 0 aliphatic carbocycles. The van der Waals surface area contributed by atoms with Gasteiger partial charge in [0.25, 0.3) is 5.91 Å². The van der Waals surface area contributed by atoms with Gasteiger partial charge in [-0.05, 0) is 54.2 Å². The Labute approximate surface area is 256 Å². The Morgan fingerprint density at radius 2 is 1.88 bits per heavy atom. The summed E-state index contributed by atoms with van der Waals surface area (Å²) in [6, 6.07) is 14.9. The first-order valence-electron chi connectivity index (χ1n) is 14.2. The standard InChI is InChI=1S/C32H34IN6OP/c1-4-19-16-27(41)31(35-17-19)38-15-13-26-25(18-38)30(39(37-26)29-20(5-2)8-7-9-21(29)6-3)23-10-11-24(32(40)36-33)28-22(23)12-14-34-28/h7-12,14,16-17,34H,4-6,13,15,18,41H2,1-3H3,(H,36,40). The quantitative estimate of drug-likeness (QED) is 0.122. The van der Waals surface area contributed by atoms with Crippen molar-refractivity contribution in [2.45, 2.75) is 53.0 Å². The number of H-pyrrole nitrogens is 1. The molecule has 9 heteroatoms. The van der Waals surface area contributed by atoms with Gasteiger partial charge in [-0.15, -0.1) is 9.24 Å². The van der Waals surface area contributed by atoms with E-state index in [9.17, 15) is 4.79 Å². The molecule has 41 heavy (non-hydrogen) atoms. The van der Waals surface area contributed by atoms with E-state index < -0.39 is 0 Å². The summed E-state index contributed by atoms with van der Waals surface area (Å²) in [5.41, 5.74) is 10.9. The fraction of sp³-hybridized carbons (Fsp3) is 0.281. The molecule has 0 radical (unpaired) electrons. The van der Waals surface area contributed by atoms with Crippen molar-refractivity contribution in [1.29, 1.82) is 0 Å². The molecule has 1 aliphatic rings. The first-order chi connectivity index (χ1) is 20.0. The number of aromatic nitrogens is 4. The summed E-state index contributed by atoms with van der Waals surface area (Å²) in [6.45, 7) is 8.13. The van der Waals surface area contributed by atoms with Gasteiger partial charge in [0.05, 0.1) is 51.0 Å². The van der Waals surface area contributed by atoms with E-state index in [4.69, 9.17) is 10.1 Å². The number of halogens is 1. The lowest BCUT2D eigenvalue weighted by Crippen LogP contribution is -2.33. The topological polar surface area (TPSA) is 78.8 Å². The van der Waals surface area contributed by atoms with Crippen molar-refractivity contribution in [3.05, 3.63) is 88.4 Å². The summed E-state index contributed by atoms with van der Waals surface area (Å²) in [7, 11) is 2.89. The third kappa shape index (κ3) is 4.85. The minimum atomic E-state index is -0.120. The molecule has 0 spiro atoms. The van der Waals surface area contributed by atoms with Gasteiger partial charge in [-0.3, -0.25) is 8.32 Å². The molecule has 1 aliphatic heterocycles. The average Bonchev–Trinajstić information content (AvgIpc) is 3.65. The Balaban J connectivity index is 1.60. The minimum Gasteiger partial charge on any atom is -0.361 e. The van der Waals surface area contributed by atoms with E-state index in [0.29, 0.717) is 12.1 Å². The normalized spacial score (nSPS) is 13.0. The Morgan fingerprint density at radius 3 is 2.56 bits per heavy atom. The van der Waals surface area contributed by atoms with Crippen molar-refractivity contribution in [2.24, 2.45) is 0 Å². The van der Waals surface area contributed by atoms with Gasteiger partial charge in [0.1, 0.15) is 5.82 Å². The zero-order valence-corrected chi connectivity index (χ0v) is 26.9. The third-order valence-corrected chi connectivity index (χ3v) is 9.09. The number of hydrogen-bond acceptors (Lipinski definition) is 4. The van der Waals surface area contributed by atoms with Crippen molar-refractivity contribution in [1.82, 2.24) is 23.3 Å². The van der Waals surface area contributed by atoms with Crippen LogP contribution < -0.4 is 13.7 Å². The number of para-hydroxylation sites is 1. The summed E-state index contributed by atoms with van der Waals surface area (Å²) in [4.78, 5) is 23.3. The van der Waals surface area contributed by atoms with Crippen LogP contribution in [0.15, 0.2) is 54.9 Å². The van der Waals surface area contributed by atoms with Crippen LogP contribution in [0.1, 0.15) is 59.1 Å². The second kappa shape index (κ2) is 11.6. The van der Waals surface area contributed by atoms with E-state index in [2.05, 4.69) is 84.5 Å². The number of aromatic amines is 1. The van der Waals surface area contributed by atoms with Crippen LogP contribution in [-0.2, 0) is 32.2 Å². The number of nitrogens with one attached hydrogen (secondary N) is 2. The molecule has 2 N–H and O–H groups in total. The molecule has 5 aromatic rings. The smallest absolute Gasteiger partial charge is 0.262 e. The van der Waals surface area contributed by atoms with Crippen LogP contribution in [-0.4, -0.2) is 32.2 Å². The lowest BCUT2D eigenvalue weighted by Gasteiger charge is -2.29. The van der Waals surface area contributed by atoms with Crippen molar-refractivity contribution < 1.29 is 4.79 Å². The maximum Gasteiger partial charge on any atom is 0.262 e. The summed E-state index contributed by atoms with van der Waals surface area (Å²) in [5.74, 6) is 0.881. The molecule has 6 rings (SSSR count). The van der Waals surface area contributed by atoms with Gasteiger partial charge in [-0.1, -0.05) is 45.0 Å². The van der Waals surface area contributed by atoms with Gasteiger partial charge in [0.2, 0.25) is 0 Å². The van der Waals surface area contributed by atoms with Gasteiger partial charge in [-0.2, -0.15) is 5.10 Å². The summed E-state index contributed by atoms with van der Waals surface area (Å²) >= 11 is 1.90. The van der Waals surface area contributed by atoms with Crippen LogP contribution in [0, 0.1) is 0 Å². The SMILES string of the molecule is CCc1cnc(N2CCc3nn(-c4c(CC)cccc4CC)c(-c4ccc(C(=O)NI)c5[nH]ccc45)c3C2)c(P)c1. The minimum absolute atomic E-state index is 0.120. The number of aryl methyl sites for hydroxylation is 3. The number of amides is 1. The molecular formula is C32H34IN6OP. The summed E-state index contributed by atoms with van der Waals surface area (Å²) in [6.07, 6.45) is 7.53. The highest BCUT2D eigenvalue weighted by Crippen LogP contribution is 2.39. The van der Waals surface area contributed by atoms with E-state index in [1.165, 1.54) is 27.9 Å². The van der Waals surface area contributed by atoms with E-state index >= 15 is 0 Å². The molecule has 0 saturated heterocycles. The maximum absolute atomic E-state index is 12.7. The summed E-state index contributed by atoms with van der Waals surface area (Å²) < 4.78 is 4.95. The van der Waals surface area contributed by atoms with E-state index in [1.54, 1.807) is 0 Å². The molecular weight excluding hydrogens is 642 g/mol. The lowest BCUT2D eigenvalue weighted by atomic mass is 9.96. The second-order valence-corrected chi connectivity index (χ2v) is 11.6. The summed E-state index contributed by atoms with van der Waals surface area (Å²) in [5, 5.41) is 7.46. The number of pyridine rings is 1. The van der Waals surface area contributed by atoms with E-state index in [1.807, 2.05) is 41.3 Å². The predicted molar refractivity (Wildman–Crippen MR) is 179 cm³/mol. The maximum atomic E-state index is 12.7. The average molecular weight is 677 g/mol. The van der Waals surface area contributed by atoms with E-state index in [-0.39, 0.29) is 5.91 Å². The van der Waals surface area contributed by atoms with Gasteiger partial charge in [0.15, 0.2) is 0 Å². The number of benzene rings is 2. The van der Waals surface area contributed by atoms with Crippen LogP contribution >= 0.6 is 32.1 Å². The highest BCUT2D eigenvalue weighted by Gasteiger charge is 2.30. The molecule has 210 valence electrons. The number of rotatable bonds is 7. The number of carbonyl (C=O) groups excluding carboxylic acids is 1. The highest BCUT2D eigenvalue weighted by molar-refractivity contribution is 14.1. The molecule has 0 saturated carbocycles. The third-order valence-electron chi connectivity index (χ3n) is 8.18. The number of nitrogens with zero attached hydrogens (tertiary/aromatic N) is 4. The molecule has 1 amide bonds. The Morgan fingerprint density at radius 1 is 1.10 bits per heavy atom. The highest BCUT2D eigenvalue weighted by atomic mass is 127. The van der Waals surface area contributed by atoms with Crippen LogP contribution in [0.25, 0.3) is 27.8 Å². The predicted octanol–water partition coefficient (Wildman–Crippen LogP) is 6.25. The molecule has 3 aromatic heterocycles. The Hall–Kier alpha value is -3.23. The molecule has 0 bridgehead atoms. The first-order valence-corrected chi connectivity index (χ1v) is 15.9. The molecule has 1 unspecified atom stereocenters. The van der Waals surface area contributed by atoms with E-state index in [0.717, 1.165) is 71.2 Å². The number of carbonyl (C=O) groups is 1. The zero-order valence-electron chi connectivity index (χ0n) is 23.6. The van der Waals surface area contributed by atoms with Gasteiger partial charge >= 0.3 is 0 Å². The molecule has 7 nitrogen and oxygen atoms in total. The van der Waals surface area contributed by atoms with Crippen LogP contribution in [0.2, 0.25) is 0 Å². The fourth-order valence-electron chi connectivity index (χ4n) is 6.06. The van der Waals surface area contributed by atoms with Crippen molar-refractivity contribution in [3.8, 4) is 16.9 Å². The second-order valence-electron chi connectivity index (χ2n) is 10.4. The van der Waals surface area contributed by atoms with Gasteiger partial charge < -0.3 is 9.88 Å². The molecule has 0 fully saturated rings. The molecule has 1 atom stereocenters. The number of hydrogen-bond donors (Lipinski definition) is 2. The monoisotopic (exact) mass is 676 g/mol. The lowest BCUT2D eigenvalue weighted by molar-refractivity contribution is 0.0991. The van der Waals surface area contributed by atoms with Crippen molar-refractivity contribution in [2.75, 3.05) is 11.4 Å². The largest absolute Gasteiger partial charge is 0.361 e. The van der Waals surface area contributed by atoms with Crippen molar-refractivity contribution in [3.63, 3.8) is 0 Å². The number of anilines is 1. The molecule has 4 heterocycles. The van der Waals surface area contributed by atoms with Gasteiger partial charge in [0, 0.05) is 53.7 Å². The Kier molecular flexibility index (Phi) is 7.88. The zero-order chi connectivity index (χ0) is 28.7. The van der Waals surface area contributed by atoms with Gasteiger partial charge in [-0.25, -0.2) is 9.67 Å².